The number of nitrogens with one attached hydrogen (secondary N) is 1. The Hall–Kier alpha value is -2.70. The van der Waals surface area contributed by atoms with Crippen LogP contribution in [0.2, 0.25) is 0 Å². The number of hydrogen-bond acceptors (Lipinski definition) is 4. The minimum absolute atomic E-state index is 0.111. The van der Waals surface area contributed by atoms with Crippen LogP contribution in [0, 0.1) is 13.8 Å². The molecule has 25 heavy (non-hydrogen) atoms. The molecule has 0 saturated carbocycles. The van der Waals surface area contributed by atoms with Gasteiger partial charge in [-0.1, -0.05) is 0 Å². The average molecular weight is 344 g/mol. The van der Waals surface area contributed by atoms with Crippen LogP contribution in [0.4, 0.5) is 10.5 Å². The number of methoxy groups -OCH3 is 2. The maximum atomic E-state index is 12.7. The first-order chi connectivity index (χ1) is 11.9. The van der Waals surface area contributed by atoms with Crippen LogP contribution in [0.5, 0.6) is 11.5 Å². The molecule has 1 aromatic carbocycles. The predicted molar refractivity (Wildman–Crippen MR) is 95.4 cm³/mol. The van der Waals surface area contributed by atoms with Crippen molar-refractivity contribution in [2.45, 2.75) is 26.8 Å². The summed E-state index contributed by atoms with van der Waals surface area (Å²) >= 11 is 0. The lowest BCUT2D eigenvalue weighted by atomic mass is 9.99. The Kier molecular flexibility index (Phi) is 4.57. The molecule has 3 rings (SSSR count). The van der Waals surface area contributed by atoms with E-state index in [1.807, 2.05) is 33.0 Å². The van der Waals surface area contributed by atoms with E-state index >= 15 is 0 Å². The molecule has 0 aliphatic carbocycles. The second kappa shape index (κ2) is 6.66. The Morgan fingerprint density at radius 2 is 1.80 bits per heavy atom. The lowest BCUT2D eigenvalue weighted by Crippen LogP contribution is -2.39. The molecule has 7 nitrogen and oxygen atoms in total. The minimum Gasteiger partial charge on any atom is -0.493 e. The molecule has 0 bridgehead atoms. The SMILES string of the molecule is COc1cc2c(cc1OC)CN(C(=O)Nc1c(C)nn(C)c1C)CC2. The smallest absolute Gasteiger partial charge is 0.322 e. The Morgan fingerprint density at radius 1 is 1.16 bits per heavy atom. The van der Waals surface area contributed by atoms with E-state index in [-0.39, 0.29) is 6.03 Å². The third-order valence-electron chi connectivity index (χ3n) is 4.75. The highest BCUT2D eigenvalue weighted by Gasteiger charge is 2.24. The molecule has 134 valence electrons. The number of aromatic nitrogens is 2. The van der Waals surface area contributed by atoms with Gasteiger partial charge in [0, 0.05) is 20.1 Å². The van der Waals surface area contributed by atoms with E-state index < -0.39 is 0 Å². The van der Waals surface area contributed by atoms with Crippen LogP contribution in [0.25, 0.3) is 0 Å². The first kappa shape index (κ1) is 17.1. The molecule has 1 aliphatic heterocycles. The number of anilines is 1. The van der Waals surface area contributed by atoms with Crippen molar-refractivity contribution >= 4 is 11.7 Å². The van der Waals surface area contributed by atoms with Gasteiger partial charge in [0.15, 0.2) is 11.5 Å². The van der Waals surface area contributed by atoms with Crippen molar-refractivity contribution in [3.63, 3.8) is 0 Å². The van der Waals surface area contributed by atoms with Crippen molar-refractivity contribution in [1.29, 1.82) is 0 Å². The lowest BCUT2D eigenvalue weighted by Gasteiger charge is -2.29. The standard InChI is InChI=1S/C18H24N4O3/c1-11-17(12(2)21(3)20-11)19-18(23)22-7-6-13-8-15(24-4)16(25-5)9-14(13)10-22/h8-9H,6-7,10H2,1-5H3,(H,19,23). The Balaban J connectivity index is 1.79. The van der Waals surface area contributed by atoms with Gasteiger partial charge in [0.05, 0.1) is 31.3 Å². The molecule has 0 atom stereocenters. The van der Waals surface area contributed by atoms with Gasteiger partial charge in [-0.15, -0.1) is 0 Å². The van der Waals surface area contributed by atoms with Crippen molar-refractivity contribution in [2.75, 3.05) is 26.1 Å². The van der Waals surface area contributed by atoms with E-state index in [4.69, 9.17) is 9.47 Å². The zero-order valence-electron chi connectivity index (χ0n) is 15.3. The highest BCUT2D eigenvalue weighted by Crippen LogP contribution is 2.33. The summed E-state index contributed by atoms with van der Waals surface area (Å²) in [6.07, 6.45) is 0.786. The van der Waals surface area contributed by atoms with Crippen molar-refractivity contribution in [2.24, 2.45) is 7.05 Å². The Labute approximate surface area is 147 Å². The zero-order valence-corrected chi connectivity index (χ0v) is 15.3. The number of ether oxygens (including phenoxy) is 2. The largest absolute Gasteiger partial charge is 0.493 e. The van der Waals surface area contributed by atoms with E-state index in [9.17, 15) is 4.79 Å². The first-order valence-electron chi connectivity index (χ1n) is 8.24. The molecule has 1 aliphatic rings. The van der Waals surface area contributed by atoms with Gasteiger partial charge in [-0.05, 0) is 43.5 Å². The van der Waals surface area contributed by atoms with Gasteiger partial charge in [-0.3, -0.25) is 4.68 Å². The average Bonchev–Trinajstić information content (AvgIpc) is 2.85. The van der Waals surface area contributed by atoms with Crippen LogP contribution in [0.3, 0.4) is 0 Å². The van der Waals surface area contributed by atoms with Crippen LogP contribution in [-0.4, -0.2) is 41.5 Å². The van der Waals surface area contributed by atoms with Gasteiger partial charge in [-0.25, -0.2) is 4.79 Å². The minimum atomic E-state index is -0.111. The van der Waals surface area contributed by atoms with Gasteiger partial charge < -0.3 is 19.7 Å². The van der Waals surface area contributed by atoms with Crippen LogP contribution >= 0.6 is 0 Å². The van der Waals surface area contributed by atoms with Crippen LogP contribution in [0.15, 0.2) is 12.1 Å². The van der Waals surface area contributed by atoms with E-state index in [0.29, 0.717) is 18.8 Å². The predicted octanol–water partition coefficient (Wildman–Crippen LogP) is 2.64. The van der Waals surface area contributed by atoms with Gasteiger partial charge in [0.25, 0.3) is 0 Å². The monoisotopic (exact) mass is 344 g/mol. The van der Waals surface area contributed by atoms with Crippen molar-refractivity contribution in [3.8, 4) is 11.5 Å². The van der Waals surface area contributed by atoms with E-state index in [2.05, 4.69) is 10.4 Å². The molecule has 2 heterocycles. The molecule has 0 fully saturated rings. The summed E-state index contributed by atoms with van der Waals surface area (Å²) in [4.78, 5) is 14.5. The van der Waals surface area contributed by atoms with E-state index in [0.717, 1.165) is 34.8 Å². The maximum Gasteiger partial charge on any atom is 0.322 e. The summed E-state index contributed by atoms with van der Waals surface area (Å²) in [5.41, 5.74) is 4.81. The third kappa shape index (κ3) is 3.14. The molecule has 1 aromatic heterocycles. The number of aryl methyl sites for hydroxylation is 2. The molecule has 0 unspecified atom stereocenters. The summed E-state index contributed by atoms with van der Waals surface area (Å²) in [6, 6.07) is 3.84. The summed E-state index contributed by atoms with van der Waals surface area (Å²) in [7, 11) is 5.12. The zero-order chi connectivity index (χ0) is 18.1. The van der Waals surface area contributed by atoms with Crippen LogP contribution in [0.1, 0.15) is 22.5 Å². The second-order valence-electron chi connectivity index (χ2n) is 6.25. The number of fused-ring (bicyclic) bond motifs is 1. The highest BCUT2D eigenvalue weighted by atomic mass is 16.5. The fourth-order valence-electron chi connectivity index (χ4n) is 3.20. The van der Waals surface area contributed by atoms with Gasteiger partial charge in [0.1, 0.15) is 0 Å². The molecule has 0 spiro atoms. The lowest BCUT2D eigenvalue weighted by molar-refractivity contribution is 0.206. The number of carbonyl (C=O) groups is 1. The first-order valence-corrected chi connectivity index (χ1v) is 8.24. The molecule has 2 aromatic rings. The van der Waals surface area contributed by atoms with Gasteiger partial charge >= 0.3 is 6.03 Å². The summed E-state index contributed by atoms with van der Waals surface area (Å²) in [5, 5.41) is 7.34. The molecular weight excluding hydrogens is 320 g/mol. The highest BCUT2D eigenvalue weighted by molar-refractivity contribution is 5.90. The number of nitrogens with zero attached hydrogens (tertiary/aromatic N) is 3. The molecule has 1 N–H and O–H groups in total. The quantitative estimate of drug-likeness (QED) is 0.929. The van der Waals surface area contributed by atoms with Crippen molar-refractivity contribution in [1.82, 2.24) is 14.7 Å². The molecule has 7 heteroatoms. The number of benzene rings is 1. The Bertz CT molecular complexity index is 813. The number of amides is 2. The normalized spacial score (nSPS) is 13.4. The number of carbonyl (C=O) groups excluding carboxylic acids is 1. The van der Waals surface area contributed by atoms with E-state index in [1.54, 1.807) is 23.8 Å². The van der Waals surface area contributed by atoms with Gasteiger partial charge in [0.2, 0.25) is 0 Å². The van der Waals surface area contributed by atoms with Crippen LogP contribution < -0.4 is 14.8 Å². The fraction of sp³-hybridized carbons (Fsp3) is 0.444. The summed E-state index contributed by atoms with van der Waals surface area (Å²) < 4.78 is 12.5. The van der Waals surface area contributed by atoms with Crippen molar-refractivity contribution < 1.29 is 14.3 Å². The van der Waals surface area contributed by atoms with Crippen LogP contribution in [-0.2, 0) is 20.0 Å². The molecule has 0 radical (unpaired) electrons. The number of urea groups is 1. The third-order valence-corrected chi connectivity index (χ3v) is 4.75. The number of rotatable bonds is 3. The Morgan fingerprint density at radius 3 is 2.36 bits per heavy atom. The summed E-state index contributed by atoms with van der Waals surface area (Å²) in [6.45, 7) is 5.04. The molecule has 0 saturated heterocycles. The topological polar surface area (TPSA) is 68.6 Å². The van der Waals surface area contributed by atoms with Crippen molar-refractivity contribution in [3.05, 3.63) is 34.6 Å². The second-order valence-corrected chi connectivity index (χ2v) is 6.25. The number of hydrogen-bond donors (Lipinski definition) is 1. The summed E-state index contributed by atoms with van der Waals surface area (Å²) in [5.74, 6) is 1.41. The molecular formula is C18H24N4O3. The molecule has 2 amide bonds. The maximum absolute atomic E-state index is 12.7. The van der Waals surface area contributed by atoms with Gasteiger partial charge in [-0.2, -0.15) is 5.10 Å². The fourth-order valence-corrected chi connectivity index (χ4v) is 3.20. The van der Waals surface area contributed by atoms with E-state index in [1.165, 1.54) is 5.56 Å².